The van der Waals surface area contributed by atoms with Gasteiger partial charge in [-0.15, -0.1) is 0 Å². The van der Waals surface area contributed by atoms with Gasteiger partial charge in [0.15, 0.2) is 0 Å². The Kier molecular flexibility index (Phi) is 9.67. The summed E-state index contributed by atoms with van der Waals surface area (Å²) in [5.41, 5.74) is 6.74. The summed E-state index contributed by atoms with van der Waals surface area (Å²) in [6.45, 7) is 3.21. The van der Waals surface area contributed by atoms with Gasteiger partial charge >= 0.3 is 0 Å². The van der Waals surface area contributed by atoms with Gasteiger partial charge in [0, 0.05) is 39.8 Å². The van der Waals surface area contributed by atoms with E-state index in [1.54, 1.807) is 0 Å². The van der Waals surface area contributed by atoms with Crippen molar-refractivity contribution >= 4 is 50.3 Å². The molecule has 1 heterocycles. The van der Waals surface area contributed by atoms with Crippen LogP contribution in [-0.2, 0) is 19.8 Å². The first-order valence-corrected chi connectivity index (χ1v) is 14.9. The molecule has 4 aromatic carbocycles. The number of ether oxygens (including phenoxy) is 2. The molecule has 0 aliphatic rings. The molecule has 9 heteroatoms. The number of fused-ring (bicyclic) bond motifs is 1. The van der Waals surface area contributed by atoms with Crippen molar-refractivity contribution in [3.8, 4) is 22.6 Å². The van der Waals surface area contributed by atoms with E-state index in [-0.39, 0.29) is 12.6 Å². The maximum atomic E-state index is 9.64. The number of rotatable bonds is 12. The maximum absolute atomic E-state index is 9.64. The summed E-state index contributed by atoms with van der Waals surface area (Å²) in [6, 6.07) is 25.9. The van der Waals surface area contributed by atoms with Gasteiger partial charge in [0.1, 0.15) is 35.7 Å². The Labute approximate surface area is 251 Å². The predicted octanol–water partition coefficient (Wildman–Crippen LogP) is 7.79. The minimum Gasteiger partial charge on any atom is -0.488 e. The molecule has 1 aromatic heterocycles. The van der Waals surface area contributed by atoms with E-state index in [0.29, 0.717) is 36.3 Å². The molecule has 0 aliphatic heterocycles. The van der Waals surface area contributed by atoms with Crippen LogP contribution in [0.4, 0.5) is 0 Å². The minimum absolute atomic E-state index is 0.0216. The van der Waals surface area contributed by atoms with Crippen LogP contribution < -0.4 is 14.8 Å². The average molecular weight is 639 g/mol. The second-order valence-corrected chi connectivity index (χ2v) is 11.1. The van der Waals surface area contributed by atoms with Gasteiger partial charge in [-0.05, 0) is 45.6 Å². The lowest BCUT2D eigenvalue weighted by Crippen LogP contribution is -2.31. The fraction of sp³-hybridized carbons (Fsp3) is 0.226. The van der Waals surface area contributed by atoms with Crippen molar-refractivity contribution in [3.63, 3.8) is 0 Å². The Bertz CT molecular complexity index is 1580. The number of aliphatic hydroxyl groups excluding tert-OH is 1. The molecule has 0 bridgehead atoms. The van der Waals surface area contributed by atoms with Crippen molar-refractivity contribution in [2.75, 3.05) is 6.61 Å². The highest BCUT2D eigenvalue weighted by molar-refractivity contribution is 9.10. The molecule has 0 fully saturated rings. The van der Waals surface area contributed by atoms with Gasteiger partial charge in [-0.3, -0.25) is 0 Å². The smallest absolute Gasteiger partial charge is 0.142 e. The van der Waals surface area contributed by atoms with Gasteiger partial charge in [0.2, 0.25) is 0 Å². The first-order valence-electron chi connectivity index (χ1n) is 13.0. The summed E-state index contributed by atoms with van der Waals surface area (Å²) in [4.78, 5) is 0. The van der Waals surface area contributed by atoms with E-state index in [0.717, 1.165) is 49.7 Å². The lowest BCUT2D eigenvalue weighted by atomic mass is 10.0. The monoisotopic (exact) mass is 637 g/mol. The molecule has 5 aromatic rings. The standard InChI is InChI=1S/C31H29BrClN3O3S/c1-2-24(17-37)34-16-23-14-26(33)29(15-28(23)38-19-22-11-7-13-27-31(22)36-40-35-27)39-18-21-10-6-12-25(30(21)32)20-8-4-3-5-9-20/h3-15,24,34,37H,2,16-19H2,1H3/t24-/m0/s1. The van der Waals surface area contributed by atoms with Crippen LogP contribution in [0.5, 0.6) is 11.5 Å². The lowest BCUT2D eigenvalue weighted by molar-refractivity contribution is 0.237. The van der Waals surface area contributed by atoms with Crippen LogP contribution in [0.1, 0.15) is 30.0 Å². The minimum atomic E-state index is -0.0216. The molecule has 5 rings (SSSR count). The molecule has 6 nitrogen and oxygen atoms in total. The second kappa shape index (κ2) is 13.6. The molecule has 1 atom stereocenters. The topological polar surface area (TPSA) is 76.5 Å². The predicted molar refractivity (Wildman–Crippen MR) is 165 cm³/mol. The molecule has 0 aliphatic carbocycles. The molecule has 0 unspecified atom stereocenters. The van der Waals surface area contributed by atoms with Gasteiger partial charge in [0.25, 0.3) is 0 Å². The number of aliphatic hydroxyl groups is 1. The summed E-state index contributed by atoms with van der Waals surface area (Å²) in [7, 11) is 0. The highest BCUT2D eigenvalue weighted by Crippen LogP contribution is 2.36. The molecule has 0 radical (unpaired) electrons. The molecule has 0 saturated heterocycles. The van der Waals surface area contributed by atoms with Gasteiger partial charge in [-0.2, -0.15) is 8.75 Å². The van der Waals surface area contributed by atoms with Gasteiger partial charge in [0.05, 0.1) is 23.4 Å². The first-order chi connectivity index (χ1) is 19.6. The van der Waals surface area contributed by atoms with Crippen molar-refractivity contribution < 1.29 is 14.6 Å². The number of halogens is 2. The largest absolute Gasteiger partial charge is 0.488 e. The van der Waals surface area contributed by atoms with E-state index in [2.05, 4.69) is 48.2 Å². The maximum Gasteiger partial charge on any atom is 0.142 e. The van der Waals surface area contributed by atoms with E-state index in [1.807, 2.05) is 67.6 Å². The Morgan fingerprint density at radius 1 is 0.900 bits per heavy atom. The Morgan fingerprint density at radius 2 is 1.65 bits per heavy atom. The fourth-order valence-electron chi connectivity index (χ4n) is 4.37. The zero-order valence-corrected chi connectivity index (χ0v) is 25.1. The summed E-state index contributed by atoms with van der Waals surface area (Å²) < 4.78 is 22.3. The van der Waals surface area contributed by atoms with Crippen LogP contribution in [0.2, 0.25) is 5.02 Å². The quantitative estimate of drug-likeness (QED) is 0.145. The van der Waals surface area contributed by atoms with Gasteiger partial charge < -0.3 is 19.9 Å². The number of nitrogens with one attached hydrogen (secondary N) is 1. The van der Waals surface area contributed by atoms with Crippen LogP contribution in [0.15, 0.2) is 83.3 Å². The van der Waals surface area contributed by atoms with Crippen LogP contribution in [-0.4, -0.2) is 26.5 Å². The summed E-state index contributed by atoms with van der Waals surface area (Å²) in [5, 5.41) is 13.5. The molecule has 0 saturated carbocycles. The van der Waals surface area contributed by atoms with Gasteiger partial charge in [-0.1, -0.05) is 79.2 Å². The normalized spacial score (nSPS) is 12.0. The van der Waals surface area contributed by atoms with Crippen LogP contribution >= 0.6 is 39.3 Å². The van der Waals surface area contributed by atoms with Crippen molar-refractivity contribution in [2.24, 2.45) is 0 Å². The summed E-state index contributed by atoms with van der Waals surface area (Å²) in [5.74, 6) is 1.18. The number of benzene rings is 4. The molecule has 206 valence electrons. The highest BCUT2D eigenvalue weighted by Gasteiger charge is 2.16. The lowest BCUT2D eigenvalue weighted by Gasteiger charge is -2.19. The summed E-state index contributed by atoms with van der Waals surface area (Å²) >= 11 is 11.7. The Balaban J connectivity index is 1.39. The van der Waals surface area contributed by atoms with Crippen molar-refractivity contribution in [3.05, 3.63) is 105 Å². The third kappa shape index (κ3) is 6.65. The highest BCUT2D eigenvalue weighted by atomic mass is 79.9. The summed E-state index contributed by atoms with van der Waals surface area (Å²) in [6.07, 6.45) is 0.803. The van der Waals surface area contributed by atoms with Crippen LogP contribution in [0.25, 0.3) is 22.2 Å². The second-order valence-electron chi connectivity index (χ2n) is 9.33. The van der Waals surface area contributed by atoms with Crippen LogP contribution in [0, 0.1) is 0 Å². The Morgan fingerprint density at radius 3 is 2.45 bits per heavy atom. The van der Waals surface area contributed by atoms with E-state index in [9.17, 15) is 5.11 Å². The molecule has 0 amide bonds. The molecular weight excluding hydrogens is 610 g/mol. The SMILES string of the molecule is CC[C@@H](CO)NCc1cc(Cl)c(OCc2cccc(-c3ccccc3)c2Br)cc1OCc1cccc2nsnc12. The van der Waals surface area contributed by atoms with Crippen molar-refractivity contribution in [2.45, 2.75) is 39.1 Å². The molecule has 2 N–H and O–H groups in total. The van der Waals surface area contributed by atoms with E-state index in [1.165, 1.54) is 11.7 Å². The van der Waals surface area contributed by atoms with E-state index in [4.69, 9.17) is 21.1 Å². The number of nitrogens with zero attached hydrogens (tertiary/aromatic N) is 2. The zero-order chi connectivity index (χ0) is 27.9. The molecule has 40 heavy (non-hydrogen) atoms. The van der Waals surface area contributed by atoms with Gasteiger partial charge in [-0.25, -0.2) is 0 Å². The van der Waals surface area contributed by atoms with Crippen molar-refractivity contribution in [1.82, 2.24) is 14.1 Å². The third-order valence-electron chi connectivity index (χ3n) is 6.71. The zero-order valence-electron chi connectivity index (χ0n) is 21.9. The van der Waals surface area contributed by atoms with E-state index < -0.39 is 0 Å². The number of hydrogen-bond acceptors (Lipinski definition) is 7. The van der Waals surface area contributed by atoms with Crippen molar-refractivity contribution in [1.29, 1.82) is 0 Å². The first kappa shape index (κ1) is 28.5. The fourth-order valence-corrected chi connectivity index (χ4v) is 5.79. The Hall–Kier alpha value is -3.01. The molecule has 0 spiro atoms. The molecular formula is C31H29BrClN3O3S. The number of hydrogen-bond donors (Lipinski definition) is 2. The third-order valence-corrected chi connectivity index (χ3v) is 8.48. The van der Waals surface area contributed by atoms with E-state index >= 15 is 0 Å². The number of aromatic nitrogens is 2. The van der Waals surface area contributed by atoms with Crippen LogP contribution in [0.3, 0.4) is 0 Å². The average Bonchev–Trinajstić information content (AvgIpc) is 3.47.